The first-order valence-corrected chi connectivity index (χ1v) is 8.54. The molecule has 3 rings (SSSR count). The molecule has 5 heteroatoms. The highest BCUT2D eigenvalue weighted by Crippen LogP contribution is 2.27. The summed E-state index contributed by atoms with van der Waals surface area (Å²) in [5.41, 5.74) is 1.18. The molecule has 0 spiro atoms. The fourth-order valence-electron chi connectivity index (χ4n) is 2.62. The van der Waals surface area contributed by atoms with Crippen molar-refractivity contribution < 1.29 is 14.3 Å². The summed E-state index contributed by atoms with van der Waals surface area (Å²) in [6.45, 7) is 2.44. The molecule has 1 atom stereocenters. The normalized spacial score (nSPS) is 15.8. The number of amides is 1. The maximum Gasteiger partial charge on any atom is 0.220 e. The van der Waals surface area contributed by atoms with Gasteiger partial charge in [-0.15, -0.1) is 11.3 Å². The molecule has 0 saturated heterocycles. The zero-order valence-corrected chi connectivity index (χ0v) is 13.8. The van der Waals surface area contributed by atoms with Crippen molar-refractivity contribution in [3.8, 4) is 5.75 Å². The van der Waals surface area contributed by atoms with Crippen molar-refractivity contribution in [3.63, 3.8) is 0 Å². The van der Waals surface area contributed by atoms with Crippen LogP contribution in [0, 0.1) is 6.92 Å². The molecule has 1 unspecified atom stereocenters. The van der Waals surface area contributed by atoms with Gasteiger partial charge < -0.3 is 10.1 Å². The average molecular weight is 329 g/mol. The molecule has 0 saturated carbocycles. The van der Waals surface area contributed by atoms with Gasteiger partial charge in [-0.2, -0.15) is 0 Å². The molecule has 2 aromatic rings. The summed E-state index contributed by atoms with van der Waals surface area (Å²) in [5.74, 6) is 0.823. The second kappa shape index (κ2) is 6.96. The number of benzene rings is 1. The van der Waals surface area contributed by atoms with Gasteiger partial charge in [0.05, 0.1) is 11.4 Å². The Hall–Kier alpha value is -2.14. The Kier molecular flexibility index (Phi) is 4.76. The van der Waals surface area contributed by atoms with E-state index in [9.17, 15) is 9.59 Å². The van der Waals surface area contributed by atoms with Gasteiger partial charge in [-0.25, -0.2) is 0 Å². The van der Waals surface area contributed by atoms with Gasteiger partial charge in [0.25, 0.3) is 0 Å². The van der Waals surface area contributed by atoms with Crippen LogP contribution in [0.4, 0.5) is 0 Å². The predicted molar refractivity (Wildman–Crippen MR) is 90.2 cm³/mol. The van der Waals surface area contributed by atoms with Crippen molar-refractivity contribution in [3.05, 3.63) is 51.7 Å². The Balaban J connectivity index is 1.40. The number of aryl methyl sites for hydroxylation is 1. The number of carbonyl (C=O) groups excluding carboxylic acids is 2. The van der Waals surface area contributed by atoms with Gasteiger partial charge in [-0.05, 0) is 30.7 Å². The Morgan fingerprint density at radius 1 is 1.22 bits per heavy atom. The number of hydrogen-bond donors (Lipinski definition) is 1. The van der Waals surface area contributed by atoms with Crippen LogP contribution in [0.3, 0.4) is 0 Å². The summed E-state index contributed by atoms with van der Waals surface area (Å²) >= 11 is 1.47. The third-order valence-electron chi connectivity index (χ3n) is 3.84. The second-order valence-corrected chi connectivity index (χ2v) is 6.98. The SMILES string of the molecule is Cc1ccc(C(=O)CCC(=O)NCC2Cc3ccccc3O2)s1. The Bertz CT molecular complexity index is 698. The van der Waals surface area contributed by atoms with Crippen molar-refractivity contribution in [2.24, 2.45) is 0 Å². The van der Waals surface area contributed by atoms with Crippen LogP contribution >= 0.6 is 11.3 Å². The number of rotatable bonds is 6. The number of hydrogen-bond acceptors (Lipinski definition) is 4. The van der Waals surface area contributed by atoms with E-state index in [1.54, 1.807) is 0 Å². The summed E-state index contributed by atoms with van der Waals surface area (Å²) in [6.07, 6.45) is 1.25. The maximum absolute atomic E-state index is 12.0. The van der Waals surface area contributed by atoms with Crippen LogP contribution < -0.4 is 10.1 Å². The molecule has 120 valence electrons. The number of para-hydroxylation sites is 1. The van der Waals surface area contributed by atoms with E-state index in [0.717, 1.165) is 21.9 Å². The first-order chi connectivity index (χ1) is 11.1. The molecular formula is C18H19NO3S. The smallest absolute Gasteiger partial charge is 0.220 e. The van der Waals surface area contributed by atoms with Gasteiger partial charge in [-0.1, -0.05) is 18.2 Å². The molecule has 0 radical (unpaired) electrons. The largest absolute Gasteiger partial charge is 0.488 e. The lowest BCUT2D eigenvalue weighted by Gasteiger charge is -2.11. The fraction of sp³-hybridized carbons (Fsp3) is 0.333. The van der Waals surface area contributed by atoms with Gasteiger partial charge in [0, 0.05) is 24.1 Å². The van der Waals surface area contributed by atoms with E-state index >= 15 is 0 Å². The zero-order valence-electron chi connectivity index (χ0n) is 13.0. The standard InChI is InChI=1S/C18H19NO3S/c1-12-6-8-17(23-12)15(20)7-9-18(21)19-11-14-10-13-4-2-3-5-16(13)22-14/h2-6,8,14H,7,9-11H2,1H3,(H,19,21). The molecule has 23 heavy (non-hydrogen) atoms. The van der Waals surface area contributed by atoms with Crippen LogP contribution in [-0.4, -0.2) is 24.3 Å². The van der Waals surface area contributed by atoms with Crippen LogP contribution in [0.5, 0.6) is 5.75 Å². The Labute approximate surface area is 139 Å². The van der Waals surface area contributed by atoms with Crippen LogP contribution in [0.1, 0.15) is 33.0 Å². The fourth-order valence-corrected chi connectivity index (χ4v) is 3.45. The number of thiophene rings is 1. The van der Waals surface area contributed by atoms with Gasteiger partial charge in [0.1, 0.15) is 11.9 Å². The maximum atomic E-state index is 12.0. The number of fused-ring (bicyclic) bond motifs is 1. The minimum absolute atomic E-state index is 0.0213. The molecule has 0 aliphatic carbocycles. The van der Waals surface area contributed by atoms with E-state index in [-0.39, 0.29) is 30.6 Å². The van der Waals surface area contributed by atoms with Crippen molar-refractivity contribution in [1.29, 1.82) is 0 Å². The highest BCUT2D eigenvalue weighted by Gasteiger charge is 2.22. The van der Waals surface area contributed by atoms with E-state index in [0.29, 0.717) is 6.54 Å². The van der Waals surface area contributed by atoms with Crippen LogP contribution in [0.15, 0.2) is 36.4 Å². The summed E-state index contributed by atoms with van der Waals surface area (Å²) in [6, 6.07) is 11.7. The lowest BCUT2D eigenvalue weighted by atomic mass is 10.1. The van der Waals surface area contributed by atoms with E-state index in [2.05, 4.69) is 5.32 Å². The van der Waals surface area contributed by atoms with Crippen LogP contribution in [-0.2, 0) is 11.2 Å². The quantitative estimate of drug-likeness (QED) is 0.828. The average Bonchev–Trinajstić information content (AvgIpc) is 3.16. The van der Waals surface area contributed by atoms with Gasteiger partial charge >= 0.3 is 0 Å². The van der Waals surface area contributed by atoms with E-state index < -0.39 is 0 Å². The number of nitrogens with one attached hydrogen (secondary N) is 1. The molecule has 2 heterocycles. The van der Waals surface area contributed by atoms with Crippen LogP contribution in [0.25, 0.3) is 0 Å². The molecule has 1 aliphatic rings. The van der Waals surface area contributed by atoms with Crippen LogP contribution in [0.2, 0.25) is 0 Å². The molecule has 0 bridgehead atoms. The molecule has 1 aromatic carbocycles. The number of carbonyl (C=O) groups is 2. The highest BCUT2D eigenvalue weighted by molar-refractivity contribution is 7.14. The molecule has 1 amide bonds. The lowest BCUT2D eigenvalue weighted by molar-refractivity contribution is -0.121. The molecule has 1 N–H and O–H groups in total. The van der Waals surface area contributed by atoms with Gasteiger partial charge in [0.2, 0.25) is 5.91 Å². The van der Waals surface area contributed by atoms with Gasteiger partial charge in [0.15, 0.2) is 5.78 Å². The minimum Gasteiger partial charge on any atom is -0.488 e. The third kappa shape index (κ3) is 3.99. The van der Waals surface area contributed by atoms with Gasteiger partial charge in [-0.3, -0.25) is 9.59 Å². The van der Waals surface area contributed by atoms with Crippen molar-refractivity contribution >= 4 is 23.0 Å². The molecule has 1 aromatic heterocycles. The summed E-state index contributed by atoms with van der Waals surface area (Å²) in [7, 11) is 0. The predicted octanol–water partition coefficient (Wildman–Crippen LogP) is 3.14. The molecule has 1 aliphatic heterocycles. The molecular weight excluding hydrogens is 310 g/mol. The minimum atomic E-state index is -0.105. The first-order valence-electron chi connectivity index (χ1n) is 7.73. The van der Waals surface area contributed by atoms with Crippen molar-refractivity contribution in [2.45, 2.75) is 32.3 Å². The summed E-state index contributed by atoms with van der Waals surface area (Å²) < 4.78 is 5.77. The topological polar surface area (TPSA) is 55.4 Å². The second-order valence-electron chi connectivity index (χ2n) is 5.69. The molecule has 4 nitrogen and oxygen atoms in total. The number of ether oxygens (including phenoxy) is 1. The van der Waals surface area contributed by atoms with E-state index in [4.69, 9.17) is 4.74 Å². The monoisotopic (exact) mass is 329 g/mol. The van der Waals surface area contributed by atoms with E-state index in [1.165, 1.54) is 16.9 Å². The third-order valence-corrected chi connectivity index (χ3v) is 4.88. The number of Topliss-reactive ketones (excluding diaryl/α,β-unsaturated/α-hetero) is 1. The van der Waals surface area contributed by atoms with E-state index in [1.807, 2.05) is 43.3 Å². The Morgan fingerprint density at radius 3 is 2.78 bits per heavy atom. The lowest BCUT2D eigenvalue weighted by Crippen LogP contribution is -2.34. The van der Waals surface area contributed by atoms with Crippen molar-refractivity contribution in [1.82, 2.24) is 5.32 Å². The Morgan fingerprint density at radius 2 is 2.04 bits per heavy atom. The summed E-state index contributed by atoms with van der Waals surface area (Å²) in [5, 5.41) is 2.86. The highest BCUT2D eigenvalue weighted by atomic mass is 32.1. The number of ketones is 1. The first kappa shape index (κ1) is 15.7. The molecule has 0 fully saturated rings. The zero-order chi connectivity index (χ0) is 16.2. The van der Waals surface area contributed by atoms with Crippen molar-refractivity contribution in [2.75, 3.05) is 6.54 Å². The summed E-state index contributed by atoms with van der Waals surface area (Å²) in [4.78, 5) is 25.7.